The second kappa shape index (κ2) is 3.84. The van der Waals surface area contributed by atoms with Crippen LogP contribution in [0.3, 0.4) is 0 Å². The van der Waals surface area contributed by atoms with Crippen LogP contribution in [-0.2, 0) is 0 Å². The minimum Gasteiger partial charge on any atom is -0.397 e. The Labute approximate surface area is 98.3 Å². The Bertz CT molecular complexity index is 557. The molecule has 0 unspecified atom stereocenters. The van der Waals surface area contributed by atoms with Crippen molar-refractivity contribution in [2.75, 3.05) is 23.7 Å². The monoisotopic (exact) mass is 232 g/mol. The van der Waals surface area contributed by atoms with Crippen LogP contribution in [-0.4, -0.2) is 29.2 Å². The topological polar surface area (TPSA) is 55.0 Å². The first-order valence-electron chi connectivity index (χ1n) is 5.64. The molecule has 1 aliphatic heterocycles. The summed E-state index contributed by atoms with van der Waals surface area (Å²) in [5, 5.41) is 0. The average Bonchev–Trinajstić information content (AvgIpc) is 2.76. The molecule has 2 aromatic rings. The highest BCUT2D eigenvalue weighted by atomic mass is 19.1. The van der Waals surface area contributed by atoms with Gasteiger partial charge in [-0.25, -0.2) is 9.37 Å². The van der Waals surface area contributed by atoms with Crippen LogP contribution >= 0.6 is 0 Å². The fourth-order valence-corrected chi connectivity index (χ4v) is 2.14. The van der Waals surface area contributed by atoms with Gasteiger partial charge < -0.3 is 10.6 Å². The van der Waals surface area contributed by atoms with E-state index in [-0.39, 0.29) is 0 Å². The zero-order chi connectivity index (χ0) is 11.8. The molecule has 2 aromatic heterocycles. The van der Waals surface area contributed by atoms with Crippen LogP contribution in [0.15, 0.2) is 24.4 Å². The van der Waals surface area contributed by atoms with Gasteiger partial charge in [-0.3, -0.25) is 4.98 Å². The highest BCUT2D eigenvalue weighted by Gasteiger charge is 2.22. The smallest absolute Gasteiger partial charge is 0.129 e. The lowest BCUT2D eigenvalue weighted by atomic mass is 10.3. The second-order valence-electron chi connectivity index (χ2n) is 4.27. The maximum atomic E-state index is 13.1. The predicted molar refractivity (Wildman–Crippen MR) is 65.7 cm³/mol. The number of halogens is 1. The van der Waals surface area contributed by atoms with Gasteiger partial charge in [0.05, 0.1) is 17.7 Å². The first kappa shape index (κ1) is 10.3. The molecule has 1 atom stereocenters. The highest BCUT2D eigenvalue weighted by Crippen LogP contribution is 2.24. The maximum Gasteiger partial charge on any atom is 0.129 e. The van der Waals surface area contributed by atoms with Gasteiger partial charge in [0, 0.05) is 12.7 Å². The molecule has 5 heteroatoms. The van der Waals surface area contributed by atoms with Crippen molar-refractivity contribution < 1.29 is 4.39 Å². The SMILES string of the molecule is Nc1ccnc2ccc(N3CC[C@H](F)C3)nc12. The number of anilines is 2. The first-order chi connectivity index (χ1) is 8.24. The van der Waals surface area contributed by atoms with Crippen LogP contribution in [0.25, 0.3) is 11.0 Å². The van der Waals surface area contributed by atoms with Crippen molar-refractivity contribution in [1.82, 2.24) is 9.97 Å². The van der Waals surface area contributed by atoms with Crippen molar-refractivity contribution in [3.05, 3.63) is 24.4 Å². The summed E-state index contributed by atoms with van der Waals surface area (Å²) in [4.78, 5) is 10.6. The normalized spacial score (nSPS) is 20.1. The Morgan fingerprint density at radius 1 is 1.35 bits per heavy atom. The molecule has 1 saturated heterocycles. The van der Waals surface area contributed by atoms with Gasteiger partial charge in [-0.2, -0.15) is 0 Å². The number of rotatable bonds is 1. The largest absolute Gasteiger partial charge is 0.397 e. The molecule has 1 aliphatic rings. The lowest BCUT2D eigenvalue weighted by molar-refractivity contribution is 0.364. The van der Waals surface area contributed by atoms with E-state index in [0.717, 1.165) is 11.3 Å². The predicted octanol–water partition coefficient (Wildman–Crippen LogP) is 1.76. The number of hydrogen-bond acceptors (Lipinski definition) is 4. The Morgan fingerprint density at radius 2 is 2.24 bits per heavy atom. The molecule has 4 nitrogen and oxygen atoms in total. The van der Waals surface area contributed by atoms with Gasteiger partial charge in [0.25, 0.3) is 0 Å². The third-order valence-electron chi connectivity index (χ3n) is 3.06. The average molecular weight is 232 g/mol. The second-order valence-corrected chi connectivity index (χ2v) is 4.27. The molecule has 0 radical (unpaired) electrons. The van der Waals surface area contributed by atoms with E-state index in [1.54, 1.807) is 12.3 Å². The quantitative estimate of drug-likeness (QED) is 0.814. The zero-order valence-corrected chi connectivity index (χ0v) is 9.31. The lowest BCUT2D eigenvalue weighted by Gasteiger charge is -2.16. The number of pyridine rings is 2. The Morgan fingerprint density at radius 3 is 3.00 bits per heavy atom. The summed E-state index contributed by atoms with van der Waals surface area (Å²) >= 11 is 0. The van der Waals surface area contributed by atoms with Crippen molar-refractivity contribution in [1.29, 1.82) is 0 Å². The van der Waals surface area contributed by atoms with E-state index in [9.17, 15) is 4.39 Å². The fraction of sp³-hybridized carbons (Fsp3) is 0.333. The molecule has 0 saturated carbocycles. The number of fused-ring (bicyclic) bond motifs is 1. The minimum atomic E-state index is -0.751. The molecule has 0 aliphatic carbocycles. The van der Waals surface area contributed by atoms with Crippen LogP contribution in [0.1, 0.15) is 6.42 Å². The third kappa shape index (κ3) is 1.77. The zero-order valence-electron chi connectivity index (χ0n) is 9.31. The molecular formula is C12H13FN4. The van der Waals surface area contributed by atoms with Gasteiger partial charge in [0.2, 0.25) is 0 Å². The molecule has 3 heterocycles. The van der Waals surface area contributed by atoms with E-state index in [2.05, 4.69) is 9.97 Å². The molecule has 0 amide bonds. The van der Waals surface area contributed by atoms with Gasteiger partial charge >= 0.3 is 0 Å². The molecule has 3 rings (SSSR count). The number of alkyl halides is 1. The molecule has 0 spiro atoms. The van der Waals surface area contributed by atoms with E-state index in [0.29, 0.717) is 30.7 Å². The van der Waals surface area contributed by atoms with E-state index >= 15 is 0 Å². The summed E-state index contributed by atoms with van der Waals surface area (Å²) in [6.07, 6.45) is 1.48. The summed E-state index contributed by atoms with van der Waals surface area (Å²) in [7, 11) is 0. The van der Waals surface area contributed by atoms with Gasteiger partial charge in [0.1, 0.15) is 17.5 Å². The first-order valence-corrected chi connectivity index (χ1v) is 5.64. The van der Waals surface area contributed by atoms with Crippen LogP contribution < -0.4 is 10.6 Å². The van der Waals surface area contributed by atoms with Crippen molar-refractivity contribution >= 4 is 22.5 Å². The fourth-order valence-electron chi connectivity index (χ4n) is 2.14. The standard InChI is InChI=1S/C12H13FN4/c13-8-4-6-17(7-8)11-2-1-10-12(16-11)9(14)3-5-15-10/h1-3,5,8H,4,6-7H2,(H2,14,15)/t8-/m0/s1. The highest BCUT2D eigenvalue weighted by molar-refractivity contribution is 5.87. The number of nitrogens with two attached hydrogens (primary N) is 1. The third-order valence-corrected chi connectivity index (χ3v) is 3.06. The minimum absolute atomic E-state index is 0.415. The van der Waals surface area contributed by atoms with Crippen LogP contribution in [0.2, 0.25) is 0 Å². The summed E-state index contributed by atoms with van der Waals surface area (Å²) in [6.45, 7) is 1.12. The molecule has 2 N–H and O–H groups in total. The van der Waals surface area contributed by atoms with E-state index in [4.69, 9.17) is 5.73 Å². The molecule has 1 fully saturated rings. The van der Waals surface area contributed by atoms with Gasteiger partial charge in [-0.15, -0.1) is 0 Å². The maximum absolute atomic E-state index is 13.1. The summed E-state index contributed by atoms with van der Waals surface area (Å²) in [5.74, 6) is 0.775. The molecular weight excluding hydrogens is 219 g/mol. The number of nitrogens with zero attached hydrogens (tertiary/aromatic N) is 3. The van der Waals surface area contributed by atoms with Crippen LogP contribution in [0.4, 0.5) is 15.9 Å². The van der Waals surface area contributed by atoms with Gasteiger partial charge in [0.15, 0.2) is 0 Å². The van der Waals surface area contributed by atoms with Crippen LogP contribution in [0, 0.1) is 0 Å². The lowest BCUT2D eigenvalue weighted by Crippen LogP contribution is -2.21. The van der Waals surface area contributed by atoms with Crippen molar-refractivity contribution in [2.45, 2.75) is 12.6 Å². The Kier molecular flexibility index (Phi) is 2.31. The number of hydrogen-bond donors (Lipinski definition) is 1. The van der Waals surface area contributed by atoms with Crippen molar-refractivity contribution in [3.63, 3.8) is 0 Å². The van der Waals surface area contributed by atoms with Crippen molar-refractivity contribution in [3.8, 4) is 0 Å². The molecule has 88 valence electrons. The molecule has 0 bridgehead atoms. The molecule has 0 aromatic carbocycles. The van der Waals surface area contributed by atoms with Crippen molar-refractivity contribution in [2.24, 2.45) is 0 Å². The number of nitrogen functional groups attached to an aromatic ring is 1. The van der Waals surface area contributed by atoms with Crippen LogP contribution in [0.5, 0.6) is 0 Å². The number of aromatic nitrogens is 2. The van der Waals surface area contributed by atoms with Gasteiger partial charge in [-0.1, -0.05) is 0 Å². The van der Waals surface area contributed by atoms with Gasteiger partial charge in [-0.05, 0) is 24.6 Å². The summed E-state index contributed by atoms with van der Waals surface area (Å²) in [6, 6.07) is 5.47. The summed E-state index contributed by atoms with van der Waals surface area (Å²) in [5.41, 5.74) is 7.92. The van der Waals surface area contributed by atoms with E-state index < -0.39 is 6.17 Å². The van der Waals surface area contributed by atoms with E-state index in [1.165, 1.54) is 0 Å². The summed E-state index contributed by atoms with van der Waals surface area (Å²) < 4.78 is 13.1. The molecule has 17 heavy (non-hydrogen) atoms. The van der Waals surface area contributed by atoms with E-state index in [1.807, 2.05) is 17.0 Å². The Hall–Kier alpha value is -1.91. The Balaban J connectivity index is 2.04.